The van der Waals surface area contributed by atoms with Crippen LogP contribution < -0.4 is 4.43 Å². The number of hydrogen-bond donors (Lipinski definition) is 0. The molecule has 0 atom stereocenters. The molecule has 0 heterocycles. The second-order valence-corrected chi connectivity index (χ2v) is 14.9. The third kappa shape index (κ3) is 4.95. The largest absolute Gasteiger partial charge is 0.544 e. The molecular formula is C23H38O3Si. The second kappa shape index (κ2) is 7.98. The van der Waals surface area contributed by atoms with E-state index in [4.69, 9.17) is 9.16 Å². The van der Waals surface area contributed by atoms with Gasteiger partial charge in [0.15, 0.2) is 0 Å². The molecule has 0 amide bonds. The molecule has 1 aromatic rings. The first kappa shape index (κ1) is 22.0. The maximum Gasteiger partial charge on any atom is 0.311 e. The molecule has 27 heavy (non-hydrogen) atoms. The molecule has 0 saturated heterocycles. The van der Waals surface area contributed by atoms with E-state index in [0.29, 0.717) is 11.8 Å². The van der Waals surface area contributed by atoms with Crippen LogP contribution in [0.5, 0.6) is 5.75 Å². The van der Waals surface area contributed by atoms with Gasteiger partial charge in [0.05, 0.1) is 12.5 Å². The number of benzene rings is 1. The van der Waals surface area contributed by atoms with Crippen molar-refractivity contribution < 1.29 is 14.0 Å². The summed E-state index contributed by atoms with van der Waals surface area (Å²) in [4.78, 5) is 12.1. The molecule has 0 N–H and O–H groups in total. The molecule has 0 aromatic heterocycles. The van der Waals surface area contributed by atoms with E-state index in [1.54, 1.807) is 0 Å². The molecule has 0 aliphatic heterocycles. The van der Waals surface area contributed by atoms with E-state index in [1.807, 2.05) is 13.8 Å². The Morgan fingerprint density at radius 1 is 0.963 bits per heavy atom. The van der Waals surface area contributed by atoms with Gasteiger partial charge in [0, 0.05) is 0 Å². The van der Waals surface area contributed by atoms with Crippen LogP contribution in [0.15, 0.2) is 24.3 Å². The molecule has 2 rings (SSSR count). The molecular weight excluding hydrogens is 352 g/mol. The zero-order chi connectivity index (χ0) is 20.5. The van der Waals surface area contributed by atoms with E-state index in [-0.39, 0.29) is 16.4 Å². The maximum absolute atomic E-state index is 12.1. The smallest absolute Gasteiger partial charge is 0.311 e. The van der Waals surface area contributed by atoms with Gasteiger partial charge in [-0.3, -0.25) is 4.79 Å². The van der Waals surface area contributed by atoms with Gasteiger partial charge in [-0.05, 0) is 87.2 Å². The summed E-state index contributed by atoms with van der Waals surface area (Å²) in [5.74, 6) is 1.89. The highest BCUT2D eigenvalue weighted by molar-refractivity contribution is 6.74. The number of carbonyl (C=O) groups excluding carboxylic acids is 1. The second-order valence-electron chi connectivity index (χ2n) is 10.2. The van der Waals surface area contributed by atoms with Gasteiger partial charge < -0.3 is 9.16 Å². The average Bonchev–Trinajstić information content (AvgIpc) is 2.60. The number of esters is 1. The van der Waals surface area contributed by atoms with Crippen LogP contribution in [0.3, 0.4) is 0 Å². The summed E-state index contributed by atoms with van der Waals surface area (Å²) in [5, 5.41) is 0.205. The first-order valence-electron chi connectivity index (χ1n) is 10.3. The molecule has 0 radical (unpaired) electrons. The van der Waals surface area contributed by atoms with Crippen LogP contribution in [-0.2, 0) is 9.53 Å². The highest BCUT2D eigenvalue weighted by Gasteiger charge is 2.40. The van der Waals surface area contributed by atoms with Crippen molar-refractivity contribution in [2.24, 2.45) is 11.3 Å². The van der Waals surface area contributed by atoms with Crippen molar-refractivity contribution in [1.29, 1.82) is 0 Å². The quantitative estimate of drug-likeness (QED) is 0.423. The first-order valence-corrected chi connectivity index (χ1v) is 13.2. The molecule has 1 fully saturated rings. The monoisotopic (exact) mass is 390 g/mol. The summed E-state index contributed by atoms with van der Waals surface area (Å²) in [6, 6.07) is 8.75. The lowest BCUT2D eigenvalue weighted by Crippen LogP contribution is -2.43. The zero-order valence-corrected chi connectivity index (χ0v) is 19.5. The van der Waals surface area contributed by atoms with Crippen molar-refractivity contribution in [3.05, 3.63) is 29.8 Å². The van der Waals surface area contributed by atoms with Crippen LogP contribution in [0.1, 0.15) is 71.8 Å². The van der Waals surface area contributed by atoms with Gasteiger partial charge in [0.2, 0.25) is 8.32 Å². The minimum absolute atomic E-state index is 0.0851. The molecule has 0 unspecified atom stereocenters. The third-order valence-electron chi connectivity index (χ3n) is 6.99. The Morgan fingerprint density at radius 3 is 1.93 bits per heavy atom. The fourth-order valence-electron chi connectivity index (χ4n) is 3.83. The molecule has 152 valence electrons. The Labute approximate surface area is 167 Å². The fourth-order valence-corrected chi connectivity index (χ4v) is 4.87. The van der Waals surface area contributed by atoms with Crippen molar-refractivity contribution >= 4 is 14.3 Å². The van der Waals surface area contributed by atoms with Crippen LogP contribution in [0, 0.1) is 11.3 Å². The van der Waals surface area contributed by atoms with E-state index in [9.17, 15) is 4.79 Å². The Bertz CT molecular complexity index is 633. The summed E-state index contributed by atoms with van der Waals surface area (Å²) >= 11 is 0. The lowest BCUT2D eigenvalue weighted by Gasteiger charge is -2.38. The Morgan fingerprint density at radius 2 is 1.48 bits per heavy atom. The van der Waals surface area contributed by atoms with Crippen molar-refractivity contribution in [2.75, 3.05) is 7.11 Å². The SMILES string of the molecule is COC(=O)C(C)(C)C1CCC(c2ccc(O[Si](C)(C)C(C)(C)C)cc2)CC1. The Kier molecular flexibility index (Phi) is 6.50. The van der Waals surface area contributed by atoms with Crippen LogP contribution in [0.25, 0.3) is 0 Å². The highest BCUT2D eigenvalue weighted by Crippen LogP contribution is 2.44. The van der Waals surface area contributed by atoms with Gasteiger partial charge in [0.25, 0.3) is 0 Å². The highest BCUT2D eigenvalue weighted by atomic mass is 28.4. The minimum Gasteiger partial charge on any atom is -0.544 e. The van der Waals surface area contributed by atoms with Crippen LogP contribution >= 0.6 is 0 Å². The van der Waals surface area contributed by atoms with Gasteiger partial charge in [-0.1, -0.05) is 32.9 Å². The Balaban J connectivity index is 1.99. The maximum atomic E-state index is 12.1. The summed E-state index contributed by atoms with van der Waals surface area (Å²) in [6.07, 6.45) is 4.42. The van der Waals surface area contributed by atoms with E-state index in [1.165, 1.54) is 12.7 Å². The summed E-state index contributed by atoms with van der Waals surface area (Å²) in [7, 11) is -0.302. The summed E-state index contributed by atoms with van der Waals surface area (Å²) in [5.41, 5.74) is 1.01. The van der Waals surface area contributed by atoms with Crippen LogP contribution in [-0.4, -0.2) is 21.4 Å². The molecule has 3 nitrogen and oxygen atoms in total. The molecule has 1 aromatic carbocycles. The van der Waals surface area contributed by atoms with Gasteiger partial charge in [-0.15, -0.1) is 0 Å². The lowest BCUT2D eigenvalue weighted by atomic mass is 9.68. The third-order valence-corrected chi connectivity index (χ3v) is 11.3. The molecule has 1 aliphatic rings. The molecule has 1 aliphatic carbocycles. The summed E-state index contributed by atoms with van der Waals surface area (Å²) < 4.78 is 11.4. The van der Waals surface area contributed by atoms with E-state index in [2.05, 4.69) is 58.1 Å². The van der Waals surface area contributed by atoms with Crippen molar-refractivity contribution in [3.8, 4) is 5.75 Å². The predicted octanol–water partition coefficient (Wildman–Crippen LogP) is 6.54. The zero-order valence-electron chi connectivity index (χ0n) is 18.5. The topological polar surface area (TPSA) is 35.5 Å². The molecule has 0 spiro atoms. The molecule has 0 bridgehead atoms. The normalized spacial score (nSPS) is 21.6. The standard InChI is InChI=1S/C23H38O3Si/c1-22(2,3)27(7,8)26-20-15-11-18(12-16-20)17-9-13-19(14-10-17)23(4,5)21(24)25-6/h11-12,15-17,19H,9-10,13-14H2,1-8H3. The summed E-state index contributed by atoms with van der Waals surface area (Å²) in [6.45, 7) is 15.4. The van der Waals surface area contributed by atoms with Gasteiger partial charge in [-0.25, -0.2) is 0 Å². The van der Waals surface area contributed by atoms with Crippen LogP contribution in [0.4, 0.5) is 0 Å². The molecule has 4 heteroatoms. The number of methoxy groups -OCH3 is 1. The average molecular weight is 391 g/mol. The van der Waals surface area contributed by atoms with Crippen molar-refractivity contribution in [2.45, 2.75) is 84.4 Å². The number of ether oxygens (including phenoxy) is 1. The number of hydrogen-bond acceptors (Lipinski definition) is 3. The minimum atomic E-state index is -1.79. The van der Waals surface area contributed by atoms with Crippen molar-refractivity contribution in [1.82, 2.24) is 0 Å². The Hall–Kier alpha value is -1.29. The van der Waals surface area contributed by atoms with E-state index < -0.39 is 8.32 Å². The fraction of sp³-hybridized carbons (Fsp3) is 0.696. The first-order chi connectivity index (χ1) is 12.4. The van der Waals surface area contributed by atoms with Gasteiger partial charge in [-0.2, -0.15) is 0 Å². The molecule has 1 saturated carbocycles. The predicted molar refractivity (Wildman–Crippen MR) is 115 cm³/mol. The van der Waals surface area contributed by atoms with Gasteiger partial charge >= 0.3 is 5.97 Å². The van der Waals surface area contributed by atoms with Crippen molar-refractivity contribution in [3.63, 3.8) is 0 Å². The van der Waals surface area contributed by atoms with E-state index in [0.717, 1.165) is 31.4 Å². The number of rotatable bonds is 5. The van der Waals surface area contributed by atoms with Gasteiger partial charge in [0.1, 0.15) is 5.75 Å². The van der Waals surface area contributed by atoms with E-state index >= 15 is 0 Å². The number of carbonyl (C=O) groups is 1. The van der Waals surface area contributed by atoms with Crippen LogP contribution in [0.2, 0.25) is 18.1 Å². The lowest BCUT2D eigenvalue weighted by molar-refractivity contribution is -0.154.